The fourth-order valence-corrected chi connectivity index (χ4v) is 3.97. The lowest BCUT2D eigenvalue weighted by atomic mass is 9.92. The van der Waals surface area contributed by atoms with E-state index in [1.165, 1.54) is 0 Å². The number of carbonyl (C=O) groups is 3. The molecule has 1 fully saturated rings. The smallest absolute Gasteiger partial charge is 0.162 e. The summed E-state index contributed by atoms with van der Waals surface area (Å²) in [5, 5.41) is 0. The number of aryl methyl sites for hydroxylation is 2. The predicted octanol–water partition coefficient (Wildman–Crippen LogP) is 5.52. The highest BCUT2D eigenvalue weighted by molar-refractivity contribution is 5.97. The standard InChI is InChI=1S/C25H28O3/c1-17-3-7-19(8-4-17)23(26)15-13-21-11-12-22(25(21)28)14-16-24(27)20-9-5-18(2)6-10-20/h3-10,21-22H,11-16H2,1-2H3/t21-,22-/m0/s1. The van der Waals surface area contributed by atoms with E-state index in [0.717, 1.165) is 35.1 Å². The van der Waals surface area contributed by atoms with Gasteiger partial charge in [0.05, 0.1) is 0 Å². The van der Waals surface area contributed by atoms with Crippen molar-refractivity contribution in [2.24, 2.45) is 11.8 Å². The molecule has 0 spiro atoms. The topological polar surface area (TPSA) is 51.2 Å². The molecule has 146 valence electrons. The molecule has 0 radical (unpaired) electrons. The molecule has 3 heteroatoms. The van der Waals surface area contributed by atoms with E-state index in [1.54, 1.807) is 0 Å². The van der Waals surface area contributed by atoms with E-state index in [4.69, 9.17) is 0 Å². The van der Waals surface area contributed by atoms with E-state index < -0.39 is 0 Å². The number of benzene rings is 2. The first kappa shape index (κ1) is 20.2. The van der Waals surface area contributed by atoms with Crippen molar-refractivity contribution in [1.29, 1.82) is 0 Å². The Balaban J connectivity index is 1.46. The molecule has 0 N–H and O–H groups in total. The summed E-state index contributed by atoms with van der Waals surface area (Å²) in [6.07, 6.45) is 3.73. The second kappa shape index (κ2) is 9.09. The molecule has 0 amide bonds. The fourth-order valence-electron chi connectivity index (χ4n) is 3.97. The van der Waals surface area contributed by atoms with Crippen LogP contribution >= 0.6 is 0 Å². The molecular formula is C25H28O3. The molecule has 2 atom stereocenters. The summed E-state index contributed by atoms with van der Waals surface area (Å²) in [4.78, 5) is 37.4. The molecule has 0 aliphatic heterocycles. The van der Waals surface area contributed by atoms with Crippen molar-refractivity contribution in [3.05, 3.63) is 70.8 Å². The molecular weight excluding hydrogens is 348 g/mol. The molecule has 0 heterocycles. The zero-order valence-corrected chi connectivity index (χ0v) is 16.7. The quantitative estimate of drug-likeness (QED) is 0.570. The zero-order chi connectivity index (χ0) is 20.1. The van der Waals surface area contributed by atoms with Gasteiger partial charge in [-0.05, 0) is 39.5 Å². The minimum atomic E-state index is -0.0334. The fraction of sp³-hybridized carbons (Fsp3) is 0.400. The van der Waals surface area contributed by atoms with Crippen molar-refractivity contribution < 1.29 is 14.4 Å². The maximum atomic E-state index is 12.7. The predicted molar refractivity (Wildman–Crippen MR) is 111 cm³/mol. The van der Waals surface area contributed by atoms with E-state index in [2.05, 4.69) is 0 Å². The van der Waals surface area contributed by atoms with Crippen molar-refractivity contribution in [2.45, 2.75) is 52.4 Å². The van der Waals surface area contributed by atoms with Crippen LogP contribution in [-0.4, -0.2) is 17.3 Å². The monoisotopic (exact) mass is 376 g/mol. The minimum absolute atomic E-state index is 0.0334. The Morgan fingerprint density at radius 3 is 1.43 bits per heavy atom. The van der Waals surface area contributed by atoms with E-state index in [0.29, 0.717) is 25.7 Å². The first-order chi connectivity index (χ1) is 13.4. The van der Waals surface area contributed by atoms with Gasteiger partial charge in [0, 0.05) is 35.8 Å². The Hall–Kier alpha value is -2.55. The first-order valence-electron chi connectivity index (χ1n) is 10.2. The van der Waals surface area contributed by atoms with E-state index in [1.807, 2.05) is 62.4 Å². The number of hydrogen-bond acceptors (Lipinski definition) is 3. The van der Waals surface area contributed by atoms with E-state index >= 15 is 0 Å². The van der Waals surface area contributed by atoms with Crippen LogP contribution < -0.4 is 0 Å². The van der Waals surface area contributed by atoms with Gasteiger partial charge in [-0.1, -0.05) is 59.7 Å². The van der Waals surface area contributed by atoms with Gasteiger partial charge in [-0.15, -0.1) is 0 Å². The molecule has 2 aromatic carbocycles. The summed E-state index contributed by atoms with van der Waals surface area (Å²) in [5.41, 5.74) is 3.70. The summed E-state index contributed by atoms with van der Waals surface area (Å²) in [6.45, 7) is 3.99. The minimum Gasteiger partial charge on any atom is -0.299 e. The molecule has 0 saturated heterocycles. The van der Waals surface area contributed by atoms with Crippen LogP contribution in [0.15, 0.2) is 48.5 Å². The van der Waals surface area contributed by atoms with Gasteiger partial charge in [-0.3, -0.25) is 14.4 Å². The third kappa shape index (κ3) is 5.03. The van der Waals surface area contributed by atoms with Crippen molar-refractivity contribution in [1.82, 2.24) is 0 Å². The summed E-state index contributed by atoms with van der Waals surface area (Å²) in [7, 11) is 0. The Bertz CT molecular complexity index is 775. The molecule has 3 rings (SSSR count). The molecule has 0 aromatic heterocycles. The lowest BCUT2D eigenvalue weighted by molar-refractivity contribution is -0.124. The van der Waals surface area contributed by atoms with Crippen LogP contribution in [0.2, 0.25) is 0 Å². The van der Waals surface area contributed by atoms with Crippen LogP contribution in [0.25, 0.3) is 0 Å². The third-order valence-electron chi connectivity index (χ3n) is 5.86. The van der Waals surface area contributed by atoms with Gasteiger partial charge in [0.1, 0.15) is 5.78 Å². The van der Waals surface area contributed by atoms with Crippen molar-refractivity contribution >= 4 is 17.3 Å². The largest absolute Gasteiger partial charge is 0.299 e. The van der Waals surface area contributed by atoms with E-state index in [-0.39, 0.29) is 29.2 Å². The number of Topliss-reactive ketones (excluding diaryl/α,β-unsaturated/α-hetero) is 3. The summed E-state index contributed by atoms with van der Waals surface area (Å²) in [5.74, 6) is 0.382. The van der Waals surface area contributed by atoms with Gasteiger partial charge in [-0.2, -0.15) is 0 Å². The summed E-state index contributed by atoms with van der Waals surface area (Å²) in [6, 6.07) is 15.2. The molecule has 0 bridgehead atoms. The molecule has 1 saturated carbocycles. The second-order valence-corrected chi connectivity index (χ2v) is 8.03. The van der Waals surface area contributed by atoms with Gasteiger partial charge >= 0.3 is 0 Å². The summed E-state index contributed by atoms with van der Waals surface area (Å²) >= 11 is 0. The average Bonchev–Trinajstić information content (AvgIpc) is 3.05. The highest BCUT2D eigenvalue weighted by Crippen LogP contribution is 2.34. The Morgan fingerprint density at radius 1 is 0.714 bits per heavy atom. The maximum Gasteiger partial charge on any atom is 0.162 e. The normalized spacial score (nSPS) is 19.0. The van der Waals surface area contributed by atoms with Crippen LogP contribution in [0.4, 0.5) is 0 Å². The Labute approximate surface area is 167 Å². The number of hydrogen-bond donors (Lipinski definition) is 0. The van der Waals surface area contributed by atoms with E-state index in [9.17, 15) is 14.4 Å². The van der Waals surface area contributed by atoms with Crippen LogP contribution in [0.5, 0.6) is 0 Å². The Morgan fingerprint density at radius 2 is 1.07 bits per heavy atom. The maximum absolute atomic E-state index is 12.7. The van der Waals surface area contributed by atoms with Crippen LogP contribution in [-0.2, 0) is 4.79 Å². The third-order valence-corrected chi connectivity index (χ3v) is 5.86. The molecule has 28 heavy (non-hydrogen) atoms. The van der Waals surface area contributed by atoms with Crippen LogP contribution in [0.3, 0.4) is 0 Å². The highest BCUT2D eigenvalue weighted by Gasteiger charge is 2.34. The van der Waals surface area contributed by atoms with Crippen molar-refractivity contribution in [2.75, 3.05) is 0 Å². The van der Waals surface area contributed by atoms with Gasteiger partial charge in [0.15, 0.2) is 11.6 Å². The SMILES string of the molecule is Cc1ccc(C(=O)CC[C@@H]2CC[C@@H](CCC(=O)c3ccc(C)cc3)C2=O)cc1. The number of rotatable bonds is 8. The van der Waals surface area contributed by atoms with Crippen LogP contribution in [0.1, 0.15) is 70.4 Å². The molecule has 1 aliphatic rings. The zero-order valence-electron chi connectivity index (χ0n) is 16.7. The highest BCUT2D eigenvalue weighted by atomic mass is 16.1. The lowest BCUT2D eigenvalue weighted by Crippen LogP contribution is -2.16. The average molecular weight is 376 g/mol. The van der Waals surface area contributed by atoms with Gasteiger partial charge in [0.2, 0.25) is 0 Å². The Kier molecular flexibility index (Phi) is 6.56. The molecule has 1 aliphatic carbocycles. The first-order valence-corrected chi connectivity index (χ1v) is 10.2. The number of ketones is 3. The van der Waals surface area contributed by atoms with Crippen molar-refractivity contribution in [3.8, 4) is 0 Å². The molecule has 0 unspecified atom stereocenters. The molecule has 2 aromatic rings. The van der Waals surface area contributed by atoms with Crippen LogP contribution in [0, 0.1) is 25.7 Å². The second-order valence-electron chi connectivity index (χ2n) is 8.03. The van der Waals surface area contributed by atoms with Crippen molar-refractivity contribution in [3.63, 3.8) is 0 Å². The van der Waals surface area contributed by atoms with Gasteiger partial charge in [0.25, 0.3) is 0 Å². The van der Waals surface area contributed by atoms with Gasteiger partial charge in [-0.25, -0.2) is 0 Å². The number of carbonyl (C=O) groups excluding carboxylic acids is 3. The molecule has 3 nitrogen and oxygen atoms in total. The van der Waals surface area contributed by atoms with Gasteiger partial charge < -0.3 is 0 Å². The lowest BCUT2D eigenvalue weighted by Gasteiger charge is -2.10. The summed E-state index contributed by atoms with van der Waals surface area (Å²) < 4.78 is 0.